The third kappa shape index (κ3) is 9.39. The minimum absolute atomic E-state index is 0.131. The summed E-state index contributed by atoms with van der Waals surface area (Å²) in [4.78, 5) is 26.7. The maximum absolute atomic E-state index is 8.83. The lowest BCUT2D eigenvalue weighted by Gasteiger charge is -2.11. The molecule has 6 rings (SSSR count). The van der Waals surface area contributed by atoms with Gasteiger partial charge >= 0.3 is 12.0 Å². The largest absolute Gasteiger partial charge is 0.467 e. The van der Waals surface area contributed by atoms with Gasteiger partial charge in [-0.15, -0.1) is 4.33 Å². The Morgan fingerprint density at radius 3 is 1.48 bits per heavy atom. The monoisotopic (exact) mass is 690 g/mol. The third-order valence-corrected chi connectivity index (χ3v) is 7.36. The maximum atomic E-state index is 8.83. The fourth-order valence-corrected chi connectivity index (χ4v) is 4.93. The van der Waals surface area contributed by atoms with Crippen molar-refractivity contribution in [1.29, 1.82) is 0 Å². The lowest BCUT2D eigenvalue weighted by atomic mass is 10.1. The standard InChI is InChI=1S/C34H30N10O5S/c1-46-33-41-29(35-24-9-5-3-6-10-24)39-31(43-33)37-26-18-14-22(15-19-26)13-16-23-17-20-27(21-28(23)50-49-48-45)38-32-40-30(42-34(44-32)47-2)36-25-11-7-4-8-12-25/h3-21,45H,1-2H3,(H2,35,37,39,41,43)(H2,36,38,40,42,44). The summed E-state index contributed by atoms with van der Waals surface area (Å²) in [5, 5.41) is 25.3. The van der Waals surface area contributed by atoms with E-state index in [9.17, 15) is 0 Å². The second kappa shape index (κ2) is 16.7. The molecule has 0 atom stereocenters. The molecule has 0 fully saturated rings. The highest BCUT2D eigenvalue weighted by Gasteiger charge is 2.11. The Labute approximate surface area is 290 Å². The van der Waals surface area contributed by atoms with E-state index in [0.717, 1.165) is 40.2 Å². The van der Waals surface area contributed by atoms with Crippen molar-refractivity contribution in [3.05, 3.63) is 114 Å². The van der Waals surface area contributed by atoms with Gasteiger partial charge in [0.1, 0.15) is 0 Å². The zero-order chi connectivity index (χ0) is 34.5. The Kier molecular flexibility index (Phi) is 11.2. The molecule has 0 spiro atoms. The van der Waals surface area contributed by atoms with Crippen LogP contribution in [0.4, 0.5) is 46.5 Å². The van der Waals surface area contributed by atoms with Gasteiger partial charge in [-0.2, -0.15) is 29.9 Å². The van der Waals surface area contributed by atoms with E-state index in [1.54, 1.807) is 6.07 Å². The van der Waals surface area contributed by atoms with Crippen molar-refractivity contribution in [2.45, 2.75) is 4.90 Å². The van der Waals surface area contributed by atoms with Crippen molar-refractivity contribution in [3.63, 3.8) is 0 Å². The van der Waals surface area contributed by atoms with Crippen molar-refractivity contribution >= 4 is 70.7 Å². The Morgan fingerprint density at radius 1 is 0.540 bits per heavy atom. The molecule has 0 saturated heterocycles. The van der Waals surface area contributed by atoms with E-state index in [0.29, 0.717) is 28.4 Å². The van der Waals surface area contributed by atoms with Crippen LogP contribution in [0.25, 0.3) is 12.2 Å². The molecule has 0 aliphatic rings. The Bertz CT molecular complexity index is 2040. The van der Waals surface area contributed by atoms with Crippen LogP contribution in [0.15, 0.2) is 108 Å². The highest BCUT2D eigenvalue weighted by atomic mass is 32.2. The Morgan fingerprint density at radius 2 is 1.00 bits per heavy atom. The first-order valence-electron chi connectivity index (χ1n) is 14.9. The van der Waals surface area contributed by atoms with Crippen molar-refractivity contribution in [3.8, 4) is 12.0 Å². The van der Waals surface area contributed by atoms with Crippen LogP contribution >= 0.6 is 12.0 Å². The van der Waals surface area contributed by atoms with E-state index in [2.05, 4.69) is 56.2 Å². The number of nitrogens with one attached hydrogen (secondary N) is 4. The minimum atomic E-state index is 0.131. The van der Waals surface area contributed by atoms with Gasteiger partial charge < -0.3 is 30.7 Å². The number of rotatable bonds is 15. The van der Waals surface area contributed by atoms with Crippen LogP contribution in [-0.2, 0) is 9.37 Å². The van der Waals surface area contributed by atoms with Crippen LogP contribution in [-0.4, -0.2) is 49.4 Å². The summed E-state index contributed by atoms with van der Waals surface area (Å²) in [5.74, 6) is 1.21. The summed E-state index contributed by atoms with van der Waals surface area (Å²) in [6.07, 6.45) is 3.84. The van der Waals surface area contributed by atoms with Gasteiger partial charge in [0.2, 0.25) is 23.8 Å². The second-order valence-corrected chi connectivity index (χ2v) is 10.8. The Hall–Kier alpha value is -6.33. The number of anilines is 8. The van der Waals surface area contributed by atoms with Crippen molar-refractivity contribution in [2.24, 2.45) is 0 Å². The lowest BCUT2D eigenvalue weighted by molar-refractivity contribution is -0.432. The van der Waals surface area contributed by atoms with Crippen molar-refractivity contribution in [1.82, 2.24) is 29.9 Å². The SMILES string of the molecule is COc1nc(Nc2ccccc2)nc(Nc2ccc(C=Cc3ccc(Nc4nc(Nc5ccccc5)nc(OC)n4)cc3SOOO)cc2)n1. The Balaban J connectivity index is 1.15. The molecule has 5 N–H and O–H groups in total. The van der Waals surface area contributed by atoms with E-state index in [1.165, 1.54) is 14.2 Å². The molecule has 16 heteroatoms. The van der Waals surface area contributed by atoms with Gasteiger partial charge in [0.05, 0.1) is 26.3 Å². The second-order valence-electron chi connectivity index (χ2n) is 10.1. The molecule has 0 radical (unpaired) electrons. The minimum Gasteiger partial charge on any atom is -0.467 e. The van der Waals surface area contributed by atoms with E-state index >= 15 is 0 Å². The molecule has 2 aromatic heterocycles. The van der Waals surface area contributed by atoms with Crippen LogP contribution in [0, 0.1) is 0 Å². The normalized spacial score (nSPS) is 10.9. The van der Waals surface area contributed by atoms with Gasteiger partial charge in [0, 0.05) is 27.6 Å². The summed E-state index contributed by atoms with van der Waals surface area (Å²) in [7, 11) is 2.97. The van der Waals surface area contributed by atoms with E-state index in [1.807, 2.05) is 109 Å². The number of aromatic nitrogens is 6. The fraction of sp³-hybridized carbons (Fsp3) is 0.0588. The van der Waals surface area contributed by atoms with Crippen LogP contribution in [0.5, 0.6) is 12.0 Å². The summed E-state index contributed by atoms with van der Waals surface area (Å²) < 4.78 is 15.3. The average molecular weight is 691 g/mol. The molecule has 0 unspecified atom stereocenters. The zero-order valence-electron chi connectivity index (χ0n) is 26.6. The van der Waals surface area contributed by atoms with Gasteiger partial charge in [-0.1, -0.05) is 71.8 Å². The van der Waals surface area contributed by atoms with Crippen molar-refractivity contribution < 1.29 is 24.1 Å². The van der Waals surface area contributed by atoms with Gasteiger partial charge in [-0.25, -0.2) is 5.26 Å². The summed E-state index contributed by atoms with van der Waals surface area (Å²) in [6, 6.07) is 32.6. The van der Waals surface area contributed by atoms with Crippen molar-refractivity contribution in [2.75, 3.05) is 35.5 Å². The molecule has 4 aromatic carbocycles. The predicted octanol–water partition coefficient (Wildman–Crippen LogP) is 7.65. The molecule has 0 aliphatic carbocycles. The fourth-order valence-electron chi connectivity index (χ4n) is 4.42. The average Bonchev–Trinajstić information content (AvgIpc) is 3.14. The highest BCUT2D eigenvalue weighted by molar-refractivity contribution is 7.94. The van der Waals surface area contributed by atoms with E-state index in [4.69, 9.17) is 19.1 Å². The van der Waals surface area contributed by atoms with E-state index < -0.39 is 0 Å². The number of para-hydroxylation sites is 2. The highest BCUT2D eigenvalue weighted by Crippen LogP contribution is 2.30. The van der Waals surface area contributed by atoms with Gasteiger partial charge in [0.15, 0.2) is 0 Å². The van der Waals surface area contributed by atoms with Gasteiger partial charge in [-0.05, 0) is 59.7 Å². The first-order valence-corrected chi connectivity index (χ1v) is 15.7. The molecule has 252 valence electrons. The van der Waals surface area contributed by atoms with E-state index in [-0.39, 0.29) is 18.0 Å². The number of benzene rings is 4. The van der Waals surface area contributed by atoms with Crippen LogP contribution in [0.3, 0.4) is 0 Å². The zero-order valence-corrected chi connectivity index (χ0v) is 27.5. The third-order valence-electron chi connectivity index (χ3n) is 6.70. The number of nitrogens with zero attached hydrogens (tertiary/aromatic N) is 6. The first-order chi connectivity index (χ1) is 24.6. The van der Waals surface area contributed by atoms with Crippen LogP contribution in [0.1, 0.15) is 11.1 Å². The number of hydrogen-bond donors (Lipinski definition) is 5. The molecule has 0 aliphatic heterocycles. The molecule has 0 saturated carbocycles. The number of ether oxygens (including phenoxy) is 2. The molecule has 6 aromatic rings. The molecule has 2 heterocycles. The number of methoxy groups -OCH3 is 2. The lowest BCUT2D eigenvalue weighted by Crippen LogP contribution is -2.05. The number of hydrogen-bond acceptors (Lipinski definition) is 16. The summed E-state index contributed by atoms with van der Waals surface area (Å²) >= 11 is 0.830. The first kappa shape index (κ1) is 33.6. The molecule has 15 nitrogen and oxygen atoms in total. The quantitative estimate of drug-likeness (QED) is 0.0306. The predicted molar refractivity (Wildman–Crippen MR) is 191 cm³/mol. The topological polar surface area (TPSA) is 183 Å². The van der Waals surface area contributed by atoms with Crippen LogP contribution < -0.4 is 30.7 Å². The summed E-state index contributed by atoms with van der Waals surface area (Å²) in [5.41, 5.74) is 4.75. The molecular weight excluding hydrogens is 661 g/mol. The van der Waals surface area contributed by atoms with Gasteiger partial charge in [0.25, 0.3) is 0 Å². The molecule has 0 amide bonds. The van der Waals surface area contributed by atoms with Gasteiger partial charge in [-0.3, -0.25) is 0 Å². The van der Waals surface area contributed by atoms with Crippen LogP contribution in [0.2, 0.25) is 0 Å². The molecule has 0 bridgehead atoms. The maximum Gasteiger partial charge on any atom is 0.322 e. The smallest absolute Gasteiger partial charge is 0.322 e. The summed E-state index contributed by atoms with van der Waals surface area (Å²) in [6.45, 7) is 0. The molecule has 50 heavy (non-hydrogen) atoms. The molecular formula is C34H30N10O5S.